The maximum absolute atomic E-state index is 3.59. The van der Waals surface area contributed by atoms with Crippen LogP contribution in [-0.2, 0) is 0 Å². The Morgan fingerprint density at radius 1 is 1.55 bits per heavy atom. The molecule has 0 saturated carbocycles. The predicted molar refractivity (Wildman–Crippen MR) is 51.4 cm³/mol. The van der Waals surface area contributed by atoms with Crippen molar-refractivity contribution < 1.29 is 0 Å². The Balaban J connectivity index is 3.16. The second-order valence-electron chi connectivity index (χ2n) is 2.80. The van der Waals surface area contributed by atoms with E-state index in [1.54, 1.807) is 6.20 Å². The van der Waals surface area contributed by atoms with Gasteiger partial charge >= 0.3 is 0 Å². The van der Waals surface area contributed by atoms with Gasteiger partial charge in [-0.3, -0.25) is 0 Å². The van der Waals surface area contributed by atoms with Gasteiger partial charge in [-0.25, -0.2) is 0 Å². The molecule has 0 heterocycles. The fourth-order valence-electron chi connectivity index (χ4n) is 1.05. The minimum Gasteiger partial charge on any atom is -0.391 e. The molecule has 64 valence electrons. The highest BCUT2D eigenvalue weighted by molar-refractivity contribution is 4.82. The minimum absolute atomic E-state index is 0.714. The molecule has 1 unspecified atom stereocenters. The molecule has 0 aromatic carbocycles. The van der Waals surface area contributed by atoms with Crippen LogP contribution in [0.5, 0.6) is 0 Å². The lowest BCUT2D eigenvalue weighted by molar-refractivity contribution is 0.593. The van der Waals surface area contributed by atoms with Gasteiger partial charge in [-0.05, 0) is 31.9 Å². The van der Waals surface area contributed by atoms with Gasteiger partial charge in [-0.2, -0.15) is 0 Å². The smallest absolute Gasteiger partial charge is 0.0141 e. The van der Waals surface area contributed by atoms with E-state index < -0.39 is 0 Å². The van der Waals surface area contributed by atoms with Crippen molar-refractivity contribution in [3.8, 4) is 0 Å². The van der Waals surface area contributed by atoms with E-state index in [0.717, 1.165) is 6.54 Å². The molecule has 0 aliphatic carbocycles. The van der Waals surface area contributed by atoms with Crippen molar-refractivity contribution in [1.29, 1.82) is 0 Å². The van der Waals surface area contributed by atoms with Crippen molar-refractivity contribution in [2.45, 2.75) is 26.7 Å². The molecule has 1 atom stereocenters. The second kappa shape index (κ2) is 7.39. The Kier molecular flexibility index (Phi) is 6.90. The number of rotatable bonds is 6. The summed E-state index contributed by atoms with van der Waals surface area (Å²) in [6, 6.07) is 0. The Labute approximate surface area is 70.2 Å². The molecule has 11 heavy (non-hydrogen) atoms. The monoisotopic (exact) mass is 153 g/mol. The van der Waals surface area contributed by atoms with Crippen molar-refractivity contribution in [2.75, 3.05) is 6.54 Å². The number of hydrogen-bond acceptors (Lipinski definition) is 1. The highest BCUT2D eigenvalue weighted by atomic mass is 14.8. The van der Waals surface area contributed by atoms with Crippen LogP contribution in [0.2, 0.25) is 0 Å². The molecular weight excluding hydrogens is 134 g/mol. The van der Waals surface area contributed by atoms with E-state index in [1.165, 1.54) is 12.8 Å². The Bertz CT molecular complexity index is 116. The standard InChI is InChI=1S/C10H19N/c1-4-7-10(3)8-6-9-11-5-2/h4-5,7,10-11H,2,6,8-9H2,1,3H3/b7-4+. The summed E-state index contributed by atoms with van der Waals surface area (Å²) in [6.45, 7) is 8.95. The second-order valence-corrected chi connectivity index (χ2v) is 2.80. The average molecular weight is 153 g/mol. The molecule has 0 saturated heterocycles. The lowest BCUT2D eigenvalue weighted by Crippen LogP contribution is -2.07. The third-order valence-corrected chi connectivity index (χ3v) is 1.65. The number of allylic oxidation sites excluding steroid dienone is 2. The maximum atomic E-state index is 3.59. The molecule has 1 heteroatoms. The van der Waals surface area contributed by atoms with Crippen molar-refractivity contribution in [3.05, 3.63) is 24.9 Å². The van der Waals surface area contributed by atoms with Gasteiger partial charge in [0, 0.05) is 6.54 Å². The van der Waals surface area contributed by atoms with Gasteiger partial charge in [0.2, 0.25) is 0 Å². The van der Waals surface area contributed by atoms with Crippen LogP contribution in [0.1, 0.15) is 26.7 Å². The summed E-state index contributed by atoms with van der Waals surface area (Å²) >= 11 is 0. The molecule has 0 amide bonds. The summed E-state index contributed by atoms with van der Waals surface area (Å²) in [5, 5.41) is 3.09. The van der Waals surface area contributed by atoms with Crippen LogP contribution in [0, 0.1) is 5.92 Å². The summed E-state index contributed by atoms with van der Waals surface area (Å²) in [4.78, 5) is 0. The van der Waals surface area contributed by atoms with Crippen LogP contribution >= 0.6 is 0 Å². The Morgan fingerprint density at radius 3 is 2.82 bits per heavy atom. The van der Waals surface area contributed by atoms with Crippen LogP contribution in [0.4, 0.5) is 0 Å². The van der Waals surface area contributed by atoms with Crippen molar-refractivity contribution in [1.82, 2.24) is 5.32 Å². The van der Waals surface area contributed by atoms with Crippen LogP contribution in [0.15, 0.2) is 24.9 Å². The SMILES string of the molecule is C=CNCCCC(C)/C=C/C. The largest absolute Gasteiger partial charge is 0.391 e. The molecule has 0 radical (unpaired) electrons. The highest BCUT2D eigenvalue weighted by Gasteiger charge is 1.94. The number of nitrogens with one attached hydrogen (secondary N) is 1. The zero-order valence-corrected chi connectivity index (χ0v) is 7.64. The Hall–Kier alpha value is -0.720. The van der Waals surface area contributed by atoms with Crippen molar-refractivity contribution in [2.24, 2.45) is 5.92 Å². The average Bonchev–Trinajstić information content (AvgIpc) is 1.99. The van der Waals surface area contributed by atoms with E-state index >= 15 is 0 Å². The van der Waals surface area contributed by atoms with Crippen LogP contribution < -0.4 is 5.32 Å². The third kappa shape index (κ3) is 7.17. The normalized spacial score (nSPS) is 13.3. The lowest BCUT2D eigenvalue weighted by atomic mass is 10.1. The van der Waals surface area contributed by atoms with E-state index in [2.05, 4.69) is 37.9 Å². The molecular formula is C10H19N. The quantitative estimate of drug-likeness (QED) is 0.457. The zero-order valence-electron chi connectivity index (χ0n) is 7.64. The first-order valence-corrected chi connectivity index (χ1v) is 4.28. The predicted octanol–water partition coefficient (Wildman–Crippen LogP) is 2.71. The molecule has 0 spiro atoms. The van der Waals surface area contributed by atoms with E-state index in [1.807, 2.05) is 0 Å². The summed E-state index contributed by atoms with van der Waals surface area (Å²) in [7, 11) is 0. The first-order chi connectivity index (χ1) is 5.31. The summed E-state index contributed by atoms with van der Waals surface area (Å²) in [5.74, 6) is 0.714. The van der Waals surface area contributed by atoms with E-state index in [4.69, 9.17) is 0 Å². The molecule has 0 aromatic rings. The van der Waals surface area contributed by atoms with Gasteiger partial charge in [-0.15, -0.1) is 0 Å². The van der Waals surface area contributed by atoms with Gasteiger partial charge in [0.15, 0.2) is 0 Å². The zero-order chi connectivity index (χ0) is 8.53. The van der Waals surface area contributed by atoms with Gasteiger partial charge in [-0.1, -0.05) is 25.7 Å². The minimum atomic E-state index is 0.714. The number of hydrogen-bond donors (Lipinski definition) is 1. The molecule has 1 nitrogen and oxygen atoms in total. The highest BCUT2D eigenvalue weighted by Crippen LogP contribution is 2.05. The third-order valence-electron chi connectivity index (χ3n) is 1.65. The van der Waals surface area contributed by atoms with E-state index in [-0.39, 0.29) is 0 Å². The van der Waals surface area contributed by atoms with E-state index in [9.17, 15) is 0 Å². The molecule has 0 aliphatic heterocycles. The molecule has 0 aromatic heterocycles. The molecule has 0 aliphatic rings. The van der Waals surface area contributed by atoms with E-state index in [0.29, 0.717) is 5.92 Å². The first kappa shape index (κ1) is 10.3. The first-order valence-electron chi connectivity index (χ1n) is 4.28. The fraction of sp³-hybridized carbons (Fsp3) is 0.600. The molecule has 1 N–H and O–H groups in total. The fourth-order valence-corrected chi connectivity index (χ4v) is 1.05. The van der Waals surface area contributed by atoms with Crippen LogP contribution in [0.3, 0.4) is 0 Å². The maximum Gasteiger partial charge on any atom is 0.0141 e. The lowest BCUT2D eigenvalue weighted by Gasteiger charge is -2.04. The molecule has 0 rings (SSSR count). The van der Waals surface area contributed by atoms with Gasteiger partial charge < -0.3 is 5.32 Å². The van der Waals surface area contributed by atoms with Crippen LogP contribution in [0.25, 0.3) is 0 Å². The Morgan fingerprint density at radius 2 is 2.27 bits per heavy atom. The summed E-state index contributed by atoms with van der Waals surface area (Å²) in [5.41, 5.74) is 0. The summed E-state index contributed by atoms with van der Waals surface area (Å²) in [6.07, 6.45) is 8.59. The van der Waals surface area contributed by atoms with Crippen LogP contribution in [-0.4, -0.2) is 6.54 Å². The summed E-state index contributed by atoms with van der Waals surface area (Å²) < 4.78 is 0. The molecule has 0 fully saturated rings. The van der Waals surface area contributed by atoms with Gasteiger partial charge in [0.1, 0.15) is 0 Å². The van der Waals surface area contributed by atoms with Crippen molar-refractivity contribution >= 4 is 0 Å². The van der Waals surface area contributed by atoms with Crippen molar-refractivity contribution in [3.63, 3.8) is 0 Å². The van der Waals surface area contributed by atoms with Gasteiger partial charge in [0.05, 0.1) is 0 Å². The van der Waals surface area contributed by atoms with Gasteiger partial charge in [0.25, 0.3) is 0 Å². The topological polar surface area (TPSA) is 12.0 Å². The molecule has 0 bridgehead atoms.